The van der Waals surface area contributed by atoms with Crippen LogP contribution in [0.25, 0.3) is 10.2 Å². The molecule has 0 aromatic carbocycles. The highest BCUT2D eigenvalue weighted by molar-refractivity contribution is 7.20. The maximum absolute atomic E-state index is 11.2. The Balaban J connectivity index is 1.99. The van der Waals surface area contributed by atoms with Crippen LogP contribution in [0.4, 0.5) is 5.82 Å². The number of carboxylic acid groups (broad SMARTS) is 1. The lowest BCUT2D eigenvalue weighted by Gasteiger charge is -2.27. The number of aryl methyl sites for hydroxylation is 1. The lowest BCUT2D eigenvalue weighted by atomic mass is 10.2. The standard InChI is InChI=1S/C12H14N4O3S/c1-7-8-10(15-16-2-4-19-5-3-16)13-6-14-11(8)20-9(7)12(17)18/h6H,2-5H2,1H3,(H,17,18)(H,13,14,15). The van der Waals surface area contributed by atoms with Crippen LogP contribution in [0.1, 0.15) is 15.2 Å². The molecule has 0 radical (unpaired) electrons. The summed E-state index contributed by atoms with van der Waals surface area (Å²) in [6.45, 7) is 4.66. The number of hydrazine groups is 1. The molecule has 2 aromatic rings. The highest BCUT2D eigenvalue weighted by Gasteiger charge is 2.20. The highest BCUT2D eigenvalue weighted by Crippen LogP contribution is 2.33. The monoisotopic (exact) mass is 294 g/mol. The number of thiophene rings is 1. The average Bonchev–Trinajstić information content (AvgIpc) is 2.79. The number of carbonyl (C=O) groups is 1. The molecule has 0 unspecified atom stereocenters. The van der Waals surface area contributed by atoms with Gasteiger partial charge in [-0.1, -0.05) is 0 Å². The van der Waals surface area contributed by atoms with Gasteiger partial charge in [0.15, 0.2) is 5.82 Å². The lowest BCUT2D eigenvalue weighted by Crippen LogP contribution is -2.40. The molecular weight excluding hydrogens is 280 g/mol. The van der Waals surface area contributed by atoms with Gasteiger partial charge >= 0.3 is 5.97 Å². The minimum absolute atomic E-state index is 0.311. The number of hydrogen-bond donors (Lipinski definition) is 2. The Hall–Kier alpha value is -1.77. The first-order valence-corrected chi connectivity index (χ1v) is 7.05. The second-order valence-electron chi connectivity index (χ2n) is 4.47. The number of nitrogens with zero attached hydrogens (tertiary/aromatic N) is 3. The highest BCUT2D eigenvalue weighted by atomic mass is 32.1. The molecule has 8 heteroatoms. The van der Waals surface area contributed by atoms with E-state index < -0.39 is 5.97 Å². The van der Waals surface area contributed by atoms with Crippen LogP contribution in [0, 0.1) is 6.92 Å². The van der Waals surface area contributed by atoms with Gasteiger partial charge in [-0.05, 0) is 12.5 Å². The zero-order valence-corrected chi connectivity index (χ0v) is 11.7. The molecule has 0 saturated carbocycles. The molecule has 0 aliphatic carbocycles. The summed E-state index contributed by atoms with van der Waals surface area (Å²) < 4.78 is 5.29. The van der Waals surface area contributed by atoms with Gasteiger partial charge in [0.1, 0.15) is 16.0 Å². The molecule has 2 N–H and O–H groups in total. The van der Waals surface area contributed by atoms with Crippen molar-refractivity contribution < 1.29 is 14.6 Å². The van der Waals surface area contributed by atoms with Crippen molar-refractivity contribution in [3.63, 3.8) is 0 Å². The van der Waals surface area contributed by atoms with Crippen LogP contribution < -0.4 is 5.43 Å². The average molecular weight is 294 g/mol. The maximum atomic E-state index is 11.2. The van der Waals surface area contributed by atoms with E-state index in [1.54, 1.807) is 6.92 Å². The van der Waals surface area contributed by atoms with Crippen molar-refractivity contribution in [2.75, 3.05) is 31.7 Å². The summed E-state index contributed by atoms with van der Waals surface area (Å²) in [5, 5.41) is 12.0. The van der Waals surface area contributed by atoms with Crippen LogP contribution in [0.5, 0.6) is 0 Å². The number of aromatic carboxylic acids is 1. The minimum Gasteiger partial charge on any atom is -0.477 e. The number of nitrogens with one attached hydrogen (secondary N) is 1. The topological polar surface area (TPSA) is 87.6 Å². The molecule has 106 valence electrons. The van der Waals surface area contributed by atoms with Gasteiger partial charge in [-0.15, -0.1) is 11.3 Å². The third kappa shape index (κ3) is 2.33. The van der Waals surface area contributed by atoms with Crippen molar-refractivity contribution >= 4 is 33.3 Å². The molecule has 1 fully saturated rings. The first-order valence-electron chi connectivity index (χ1n) is 6.23. The van der Waals surface area contributed by atoms with E-state index in [0.717, 1.165) is 18.5 Å². The smallest absolute Gasteiger partial charge is 0.346 e. The van der Waals surface area contributed by atoms with E-state index in [1.807, 2.05) is 5.01 Å². The van der Waals surface area contributed by atoms with Crippen molar-refractivity contribution in [2.45, 2.75) is 6.92 Å². The minimum atomic E-state index is -0.928. The van der Waals surface area contributed by atoms with Gasteiger partial charge in [-0.3, -0.25) is 0 Å². The number of hydrogen-bond acceptors (Lipinski definition) is 7. The lowest BCUT2D eigenvalue weighted by molar-refractivity contribution is 0.0495. The summed E-state index contributed by atoms with van der Waals surface area (Å²) in [6, 6.07) is 0. The Morgan fingerprint density at radius 2 is 2.20 bits per heavy atom. The normalized spacial score (nSPS) is 16.4. The zero-order valence-electron chi connectivity index (χ0n) is 10.9. The van der Waals surface area contributed by atoms with Crippen LogP contribution in [0.2, 0.25) is 0 Å². The Bertz CT molecular complexity index is 651. The van der Waals surface area contributed by atoms with Gasteiger partial charge in [-0.25, -0.2) is 19.8 Å². The summed E-state index contributed by atoms with van der Waals surface area (Å²) in [5.41, 5.74) is 3.94. The van der Waals surface area contributed by atoms with E-state index in [0.29, 0.717) is 34.3 Å². The second-order valence-corrected chi connectivity index (χ2v) is 5.47. The van der Waals surface area contributed by atoms with Crippen molar-refractivity contribution in [3.05, 3.63) is 16.8 Å². The molecule has 1 aliphatic heterocycles. The second kappa shape index (κ2) is 5.31. The molecular formula is C12H14N4O3S. The largest absolute Gasteiger partial charge is 0.477 e. The number of morpholine rings is 1. The Morgan fingerprint density at radius 1 is 1.45 bits per heavy atom. The quantitative estimate of drug-likeness (QED) is 0.883. The number of fused-ring (bicyclic) bond motifs is 1. The SMILES string of the molecule is Cc1c(C(=O)O)sc2ncnc(NN3CCOCC3)c12. The number of aromatic nitrogens is 2. The Kier molecular flexibility index (Phi) is 3.51. The number of ether oxygens (including phenoxy) is 1. The van der Waals surface area contributed by atoms with E-state index >= 15 is 0 Å². The molecule has 7 nitrogen and oxygen atoms in total. The molecule has 3 rings (SSSR count). The molecule has 2 aromatic heterocycles. The van der Waals surface area contributed by atoms with Crippen molar-refractivity contribution in [1.82, 2.24) is 15.0 Å². The van der Waals surface area contributed by atoms with Crippen LogP contribution in [-0.2, 0) is 4.74 Å². The zero-order chi connectivity index (χ0) is 14.1. The number of carboxylic acids is 1. The fourth-order valence-corrected chi connectivity index (χ4v) is 3.17. The van der Waals surface area contributed by atoms with Gasteiger partial charge in [0, 0.05) is 13.1 Å². The molecule has 0 amide bonds. The van der Waals surface area contributed by atoms with E-state index in [2.05, 4.69) is 15.4 Å². The molecule has 1 saturated heterocycles. The van der Waals surface area contributed by atoms with Crippen LogP contribution in [0.3, 0.4) is 0 Å². The van der Waals surface area contributed by atoms with E-state index in [-0.39, 0.29) is 0 Å². The van der Waals surface area contributed by atoms with Crippen LogP contribution in [0.15, 0.2) is 6.33 Å². The predicted molar refractivity (Wildman–Crippen MR) is 75.1 cm³/mol. The van der Waals surface area contributed by atoms with Gasteiger partial charge in [0.25, 0.3) is 0 Å². The third-order valence-electron chi connectivity index (χ3n) is 3.20. The van der Waals surface area contributed by atoms with E-state index in [9.17, 15) is 9.90 Å². The summed E-state index contributed by atoms with van der Waals surface area (Å²) in [6.07, 6.45) is 1.45. The first-order chi connectivity index (χ1) is 9.66. The van der Waals surface area contributed by atoms with Gasteiger partial charge < -0.3 is 15.3 Å². The molecule has 0 atom stereocenters. The van der Waals surface area contributed by atoms with Gasteiger partial charge in [0.05, 0.1) is 18.6 Å². The van der Waals surface area contributed by atoms with Crippen molar-refractivity contribution in [2.24, 2.45) is 0 Å². The Morgan fingerprint density at radius 3 is 2.90 bits per heavy atom. The van der Waals surface area contributed by atoms with Crippen molar-refractivity contribution in [3.8, 4) is 0 Å². The Labute approximate surface area is 119 Å². The molecule has 20 heavy (non-hydrogen) atoms. The number of rotatable bonds is 3. The molecule has 0 spiro atoms. The molecule has 1 aliphatic rings. The summed E-state index contributed by atoms with van der Waals surface area (Å²) in [4.78, 5) is 20.6. The number of anilines is 1. The first kappa shape index (κ1) is 13.2. The molecule has 3 heterocycles. The van der Waals surface area contributed by atoms with Gasteiger partial charge in [0.2, 0.25) is 0 Å². The van der Waals surface area contributed by atoms with Gasteiger partial charge in [-0.2, -0.15) is 0 Å². The van der Waals surface area contributed by atoms with Crippen LogP contribution >= 0.6 is 11.3 Å². The van der Waals surface area contributed by atoms with E-state index in [1.165, 1.54) is 17.7 Å². The maximum Gasteiger partial charge on any atom is 0.346 e. The third-order valence-corrected chi connectivity index (χ3v) is 4.38. The summed E-state index contributed by atoms with van der Waals surface area (Å²) in [5.74, 6) is -0.277. The van der Waals surface area contributed by atoms with E-state index in [4.69, 9.17) is 4.74 Å². The summed E-state index contributed by atoms with van der Waals surface area (Å²) in [7, 11) is 0. The predicted octanol–water partition coefficient (Wildman–Crippen LogP) is 1.36. The fraction of sp³-hybridized carbons (Fsp3) is 0.417. The molecule has 0 bridgehead atoms. The summed E-state index contributed by atoms with van der Waals surface area (Å²) >= 11 is 1.17. The van der Waals surface area contributed by atoms with Crippen molar-refractivity contribution in [1.29, 1.82) is 0 Å². The van der Waals surface area contributed by atoms with Crippen LogP contribution in [-0.4, -0.2) is 52.4 Å². The fourth-order valence-electron chi connectivity index (χ4n) is 2.19.